The van der Waals surface area contributed by atoms with Crippen molar-refractivity contribution in [2.24, 2.45) is 5.73 Å². The summed E-state index contributed by atoms with van der Waals surface area (Å²) in [7, 11) is 0. The normalized spacial score (nSPS) is 10.5. The molecule has 88 valence electrons. The molecule has 0 unspecified atom stereocenters. The lowest BCUT2D eigenvalue weighted by Gasteiger charge is -2.05. The van der Waals surface area contributed by atoms with Gasteiger partial charge in [-0.3, -0.25) is 4.79 Å². The molecular formula is C13H12ClNOS. The van der Waals surface area contributed by atoms with E-state index in [4.69, 9.17) is 17.3 Å². The number of benzene rings is 1. The van der Waals surface area contributed by atoms with Crippen molar-refractivity contribution in [2.75, 3.05) is 0 Å². The van der Waals surface area contributed by atoms with Gasteiger partial charge in [0.2, 0.25) is 0 Å². The Bertz CT molecular complexity index is 536. The zero-order valence-corrected chi connectivity index (χ0v) is 10.7. The van der Waals surface area contributed by atoms with Crippen LogP contribution in [0.5, 0.6) is 0 Å². The quantitative estimate of drug-likeness (QED) is 0.862. The Hall–Kier alpha value is -1.16. The molecule has 0 aliphatic carbocycles. The van der Waals surface area contributed by atoms with Crippen molar-refractivity contribution in [3.63, 3.8) is 0 Å². The Morgan fingerprint density at radius 1 is 1.18 bits per heavy atom. The van der Waals surface area contributed by atoms with Crippen LogP contribution >= 0.6 is 22.9 Å². The van der Waals surface area contributed by atoms with Gasteiger partial charge in [0.25, 0.3) is 0 Å². The maximum Gasteiger partial charge on any atom is 0.177 e. The van der Waals surface area contributed by atoms with E-state index in [1.165, 1.54) is 11.3 Å². The van der Waals surface area contributed by atoms with Gasteiger partial charge in [0, 0.05) is 13.0 Å². The number of rotatable bonds is 4. The van der Waals surface area contributed by atoms with Gasteiger partial charge in [-0.2, -0.15) is 0 Å². The summed E-state index contributed by atoms with van der Waals surface area (Å²) in [6.45, 7) is 0.453. The van der Waals surface area contributed by atoms with Crippen molar-refractivity contribution in [3.05, 3.63) is 56.7 Å². The van der Waals surface area contributed by atoms with Crippen LogP contribution in [0, 0.1) is 0 Å². The minimum atomic E-state index is 0.0859. The summed E-state index contributed by atoms with van der Waals surface area (Å²) in [6.07, 6.45) is 0.379. The summed E-state index contributed by atoms with van der Waals surface area (Å²) in [6, 6.07) is 11.2. The molecule has 1 heterocycles. The highest BCUT2D eigenvalue weighted by molar-refractivity contribution is 7.18. The SMILES string of the molecule is NCc1ccccc1CC(=O)c1ccc(Cl)s1. The van der Waals surface area contributed by atoms with Crippen molar-refractivity contribution in [1.82, 2.24) is 0 Å². The van der Waals surface area contributed by atoms with Crippen LogP contribution in [-0.4, -0.2) is 5.78 Å². The summed E-state index contributed by atoms with van der Waals surface area (Å²) < 4.78 is 0.639. The first-order valence-corrected chi connectivity index (χ1v) is 6.45. The monoisotopic (exact) mass is 265 g/mol. The van der Waals surface area contributed by atoms with Crippen LogP contribution in [0.2, 0.25) is 4.34 Å². The fourth-order valence-corrected chi connectivity index (χ4v) is 2.63. The molecule has 0 amide bonds. The molecule has 2 rings (SSSR count). The second-order valence-electron chi connectivity index (χ2n) is 3.68. The molecule has 0 aliphatic heterocycles. The summed E-state index contributed by atoms with van der Waals surface area (Å²) in [5, 5.41) is 0. The molecule has 4 heteroatoms. The molecule has 1 aromatic carbocycles. The Balaban J connectivity index is 2.18. The van der Waals surface area contributed by atoms with Gasteiger partial charge >= 0.3 is 0 Å². The van der Waals surface area contributed by atoms with Crippen LogP contribution in [0.4, 0.5) is 0 Å². The van der Waals surface area contributed by atoms with E-state index in [2.05, 4.69) is 0 Å². The molecule has 1 aromatic heterocycles. The number of hydrogen-bond donors (Lipinski definition) is 1. The van der Waals surface area contributed by atoms with Crippen LogP contribution in [0.25, 0.3) is 0 Å². The lowest BCUT2D eigenvalue weighted by molar-refractivity contribution is 0.0996. The van der Waals surface area contributed by atoms with Crippen LogP contribution in [-0.2, 0) is 13.0 Å². The fourth-order valence-electron chi connectivity index (χ4n) is 1.65. The second kappa shape index (κ2) is 5.45. The maximum absolute atomic E-state index is 12.0. The average Bonchev–Trinajstić information content (AvgIpc) is 2.77. The van der Waals surface area contributed by atoms with E-state index in [0.717, 1.165) is 11.1 Å². The van der Waals surface area contributed by atoms with Gasteiger partial charge in [0.15, 0.2) is 5.78 Å². The number of hydrogen-bond acceptors (Lipinski definition) is 3. The number of carbonyl (C=O) groups excluding carboxylic acids is 1. The Labute approximate surface area is 109 Å². The molecule has 0 spiro atoms. The van der Waals surface area contributed by atoms with Gasteiger partial charge in [-0.15, -0.1) is 11.3 Å². The lowest BCUT2D eigenvalue weighted by atomic mass is 10.0. The summed E-state index contributed by atoms with van der Waals surface area (Å²) in [5.41, 5.74) is 7.65. The number of thiophene rings is 1. The van der Waals surface area contributed by atoms with E-state index in [1.807, 2.05) is 24.3 Å². The summed E-state index contributed by atoms with van der Waals surface area (Å²) >= 11 is 7.13. The van der Waals surface area contributed by atoms with E-state index in [1.54, 1.807) is 12.1 Å². The van der Waals surface area contributed by atoms with Crippen molar-refractivity contribution in [1.29, 1.82) is 0 Å². The van der Waals surface area contributed by atoms with E-state index < -0.39 is 0 Å². The first-order valence-electron chi connectivity index (χ1n) is 5.26. The lowest BCUT2D eigenvalue weighted by Crippen LogP contribution is -2.06. The molecule has 0 aliphatic rings. The van der Waals surface area contributed by atoms with Crippen molar-refractivity contribution in [3.8, 4) is 0 Å². The Morgan fingerprint density at radius 3 is 2.47 bits per heavy atom. The van der Waals surface area contributed by atoms with Gasteiger partial charge in [-0.25, -0.2) is 0 Å². The minimum Gasteiger partial charge on any atom is -0.326 e. The van der Waals surface area contributed by atoms with Crippen molar-refractivity contribution in [2.45, 2.75) is 13.0 Å². The second-order valence-corrected chi connectivity index (χ2v) is 5.39. The van der Waals surface area contributed by atoms with Crippen molar-refractivity contribution < 1.29 is 4.79 Å². The molecule has 2 nitrogen and oxygen atoms in total. The summed E-state index contributed by atoms with van der Waals surface area (Å²) in [4.78, 5) is 12.7. The molecule has 17 heavy (non-hydrogen) atoms. The third-order valence-electron chi connectivity index (χ3n) is 2.54. The van der Waals surface area contributed by atoms with Crippen LogP contribution in [0.3, 0.4) is 0 Å². The van der Waals surface area contributed by atoms with E-state index in [9.17, 15) is 4.79 Å². The molecule has 0 saturated heterocycles. The zero-order chi connectivity index (χ0) is 12.3. The first-order chi connectivity index (χ1) is 8.20. The largest absolute Gasteiger partial charge is 0.326 e. The van der Waals surface area contributed by atoms with Crippen molar-refractivity contribution >= 4 is 28.7 Å². The third kappa shape index (κ3) is 2.94. The van der Waals surface area contributed by atoms with E-state index >= 15 is 0 Å². The standard InChI is InChI=1S/C13H12ClNOS/c14-13-6-5-12(17-13)11(16)7-9-3-1-2-4-10(9)8-15/h1-6H,7-8,15H2. The van der Waals surface area contributed by atoms with Gasteiger partial charge in [-0.1, -0.05) is 35.9 Å². The molecule has 0 fully saturated rings. The molecule has 2 aromatic rings. The zero-order valence-electron chi connectivity index (χ0n) is 9.15. The predicted octanol–water partition coefficient (Wildman–Crippen LogP) is 3.29. The topological polar surface area (TPSA) is 43.1 Å². The molecular weight excluding hydrogens is 254 g/mol. The number of Topliss-reactive ketones (excluding diaryl/α,β-unsaturated/α-hetero) is 1. The smallest absolute Gasteiger partial charge is 0.177 e. The van der Waals surface area contributed by atoms with Crippen LogP contribution < -0.4 is 5.73 Å². The molecule has 0 bridgehead atoms. The van der Waals surface area contributed by atoms with Gasteiger partial charge < -0.3 is 5.73 Å². The fraction of sp³-hybridized carbons (Fsp3) is 0.154. The Kier molecular flexibility index (Phi) is 3.94. The van der Waals surface area contributed by atoms with E-state index in [0.29, 0.717) is 22.2 Å². The highest BCUT2D eigenvalue weighted by Gasteiger charge is 2.11. The van der Waals surface area contributed by atoms with Gasteiger partial charge in [0.1, 0.15) is 0 Å². The summed E-state index contributed by atoms with van der Waals surface area (Å²) in [5.74, 6) is 0.0859. The van der Waals surface area contributed by atoms with Gasteiger partial charge in [0.05, 0.1) is 9.21 Å². The van der Waals surface area contributed by atoms with Gasteiger partial charge in [-0.05, 0) is 23.3 Å². The van der Waals surface area contributed by atoms with Crippen LogP contribution in [0.1, 0.15) is 20.8 Å². The number of carbonyl (C=O) groups is 1. The number of nitrogens with two attached hydrogens (primary N) is 1. The number of ketones is 1. The third-order valence-corrected chi connectivity index (χ3v) is 3.81. The van der Waals surface area contributed by atoms with E-state index in [-0.39, 0.29) is 5.78 Å². The number of halogens is 1. The molecule has 0 radical (unpaired) electrons. The Morgan fingerprint density at radius 2 is 1.88 bits per heavy atom. The minimum absolute atomic E-state index is 0.0859. The molecule has 0 saturated carbocycles. The molecule has 2 N–H and O–H groups in total. The first kappa shape index (κ1) is 12.3. The van der Waals surface area contributed by atoms with Crippen LogP contribution in [0.15, 0.2) is 36.4 Å². The average molecular weight is 266 g/mol. The highest BCUT2D eigenvalue weighted by atomic mass is 35.5. The predicted molar refractivity (Wildman–Crippen MR) is 71.7 cm³/mol. The maximum atomic E-state index is 12.0. The highest BCUT2D eigenvalue weighted by Crippen LogP contribution is 2.23. The molecule has 0 atom stereocenters.